The molecule has 0 unspecified atom stereocenters. The van der Waals surface area contributed by atoms with Gasteiger partial charge in [0.1, 0.15) is 0 Å². The van der Waals surface area contributed by atoms with E-state index >= 15 is 0 Å². The fraction of sp³-hybridized carbons (Fsp3) is 0.429. The predicted octanol–water partition coefficient (Wildman–Crippen LogP) is 3.73. The highest BCUT2D eigenvalue weighted by Gasteiger charge is 2.27. The molecule has 5 heteroatoms. The summed E-state index contributed by atoms with van der Waals surface area (Å²) < 4.78 is 1.59. The van der Waals surface area contributed by atoms with E-state index in [1.807, 2.05) is 0 Å². The lowest BCUT2D eigenvalue weighted by Gasteiger charge is -2.20. The molecule has 2 aromatic heterocycles. The summed E-state index contributed by atoms with van der Waals surface area (Å²) in [6, 6.07) is 3.48. The molecule has 0 atom stereocenters. The first-order valence-electron chi connectivity index (χ1n) is 6.58. The van der Waals surface area contributed by atoms with Gasteiger partial charge < -0.3 is 5.11 Å². The van der Waals surface area contributed by atoms with Gasteiger partial charge in [-0.3, -0.25) is 4.40 Å². The Hall–Kier alpha value is -1.55. The fourth-order valence-corrected chi connectivity index (χ4v) is 3.13. The molecule has 1 aliphatic rings. The molecule has 0 aliphatic heterocycles. The molecule has 3 rings (SSSR count). The molecule has 2 heterocycles. The van der Waals surface area contributed by atoms with E-state index in [1.165, 1.54) is 6.42 Å². The normalized spacial score (nSPS) is 16.9. The second kappa shape index (κ2) is 4.85. The van der Waals surface area contributed by atoms with Gasteiger partial charge in [-0.25, -0.2) is 9.78 Å². The first-order chi connectivity index (χ1) is 9.18. The van der Waals surface area contributed by atoms with Gasteiger partial charge in [-0.15, -0.1) is 0 Å². The van der Waals surface area contributed by atoms with Crippen LogP contribution in [0.5, 0.6) is 0 Å². The van der Waals surface area contributed by atoms with Gasteiger partial charge in [0.25, 0.3) is 0 Å². The summed E-state index contributed by atoms with van der Waals surface area (Å²) in [4.78, 5) is 16.1. The zero-order chi connectivity index (χ0) is 13.4. The number of halogens is 1. The van der Waals surface area contributed by atoms with Crippen molar-refractivity contribution in [3.05, 3.63) is 34.7 Å². The second-order valence-electron chi connectivity index (χ2n) is 5.04. The number of pyridine rings is 1. The van der Waals surface area contributed by atoms with E-state index in [1.54, 1.807) is 22.7 Å². The Morgan fingerprint density at radius 2 is 2.11 bits per heavy atom. The molecule has 1 fully saturated rings. The Morgan fingerprint density at radius 3 is 2.79 bits per heavy atom. The van der Waals surface area contributed by atoms with Gasteiger partial charge in [-0.05, 0) is 25.0 Å². The summed E-state index contributed by atoms with van der Waals surface area (Å²) >= 11 is 6.11. The van der Waals surface area contributed by atoms with E-state index in [0.29, 0.717) is 16.4 Å². The van der Waals surface area contributed by atoms with Crippen LogP contribution in [0.25, 0.3) is 5.65 Å². The van der Waals surface area contributed by atoms with Crippen LogP contribution in [0, 0.1) is 0 Å². The van der Waals surface area contributed by atoms with Crippen LogP contribution in [0.2, 0.25) is 5.02 Å². The molecule has 0 aromatic carbocycles. The maximum atomic E-state index is 11.5. The molecule has 19 heavy (non-hydrogen) atoms. The standard InChI is InChI=1S/C14H15ClN2O2/c15-10-7-4-8-17-12(14(18)19)11(16-13(10)17)9-5-2-1-3-6-9/h4,7-9H,1-3,5-6H2,(H,18,19). The fourth-order valence-electron chi connectivity index (χ4n) is 2.93. The molecule has 100 valence electrons. The van der Waals surface area contributed by atoms with Crippen LogP contribution in [0.1, 0.15) is 54.2 Å². The van der Waals surface area contributed by atoms with Crippen molar-refractivity contribution in [3.63, 3.8) is 0 Å². The molecule has 1 N–H and O–H groups in total. The van der Waals surface area contributed by atoms with Crippen molar-refractivity contribution in [2.75, 3.05) is 0 Å². The summed E-state index contributed by atoms with van der Waals surface area (Å²) in [5.74, 6) is -0.689. The monoisotopic (exact) mass is 278 g/mol. The van der Waals surface area contributed by atoms with E-state index in [2.05, 4.69) is 4.98 Å². The van der Waals surface area contributed by atoms with E-state index in [0.717, 1.165) is 25.7 Å². The highest BCUT2D eigenvalue weighted by Crippen LogP contribution is 2.35. The predicted molar refractivity (Wildman–Crippen MR) is 73.0 cm³/mol. The number of imidazole rings is 1. The molecule has 0 saturated heterocycles. The largest absolute Gasteiger partial charge is 0.477 e. The maximum Gasteiger partial charge on any atom is 0.354 e. The van der Waals surface area contributed by atoms with Crippen molar-refractivity contribution < 1.29 is 9.90 Å². The first-order valence-corrected chi connectivity index (χ1v) is 6.96. The molecule has 1 aliphatic carbocycles. The van der Waals surface area contributed by atoms with Crippen LogP contribution in [-0.4, -0.2) is 20.5 Å². The summed E-state index contributed by atoms with van der Waals surface area (Å²) in [6.45, 7) is 0. The number of fused-ring (bicyclic) bond motifs is 1. The zero-order valence-electron chi connectivity index (χ0n) is 10.5. The molecule has 0 amide bonds. The summed E-state index contributed by atoms with van der Waals surface area (Å²) in [7, 11) is 0. The molecular formula is C14H15ClN2O2. The van der Waals surface area contributed by atoms with Gasteiger partial charge in [0.2, 0.25) is 0 Å². The first kappa shape index (κ1) is 12.5. The Bertz CT molecular complexity index is 630. The lowest BCUT2D eigenvalue weighted by atomic mass is 9.86. The summed E-state index contributed by atoms with van der Waals surface area (Å²) in [5.41, 5.74) is 1.51. The van der Waals surface area contributed by atoms with Gasteiger partial charge in [0.15, 0.2) is 11.3 Å². The molecule has 1 saturated carbocycles. The van der Waals surface area contributed by atoms with Gasteiger partial charge in [-0.1, -0.05) is 30.9 Å². The van der Waals surface area contributed by atoms with Gasteiger partial charge in [0, 0.05) is 12.1 Å². The quantitative estimate of drug-likeness (QED) is 0.910. The Labute approximate surface area is 116 Å². The third kappa shape index (κ3) is 2.10. The van der Waals surface area contributed by atoms with Crippen molar-refractivity contribution in [3.8, 4) is 0 Å². The molecule has 0 radical (unpaired) electrons. The highest BCUT2D eigenvalue weighted by molar-refractivity contribution is 6.33. The van der Waals surface area contributed by atoms with Crippen LogP contribution >= 0.6 is 11.6 Å². The highest BCUT2D eigenvalue weighted by atomic mass is 35.5. The zero-order valence-corrected chi connectivity index (χ0v) is 11.2. The van der Waals surface area contributed by atoms with E-state index in [4.69, 9.17) is 11.6 Å². The van der Waals surface area contributed by atoms with Crippen molar-refractivity contribution in [2.24, 2.45) is 0 Å². The van der Waals surface area contributed by atoms with Crippen molar-refractivity contribution in [1.29, 1.82) is 0 Å². The van der Waals surface area contributed by atoms with Gasteiger partial charge in [0.05, 0.1) is 10.7 Å². The molecular weight excluding hydrogens is 264 g/mol. The number of hydrogen-bond acceptors (Lipinski definition) is 2. The third-order valence-electron chi connectivity index (χ3n) is 3.82. The number of rotatable bonds is 2. The van der Waals surface area contributed by atoms with Crippen LogP contribution in [0.4, 0.5) is 0 Å². The topological polar surface area (TPSA) is 54.6 Å². The van der Waals surface area contributed by atoms with Crippen molar-refractivity contribution in [1.82, 2.24) is 9.38 Å². The van der Waals surface area contributed by atoms with Crippen LogP contribution < -0.4 is 0 Å². The number of hydrogen-bond donors (Lipinski definition) is 1. The number of carbonyl (C=O) groups is 1. The number of nitrogens with zero attached hydrogens (tertiary/aromatic N) is 2. The SMILES string of the molecule is O=C(O)c1c(C2CCCCC2)nc2c(Cl)cccn12. The number of carboxylic acids is 1. The molecule has 2 aromatic rings. The number of aromatic nitrogens is 2. The van der Waals surface area contributed by atoms with E-state index in [-0.39, 0.29) is 11.6 Å². The average molecular weight is 279 g/mol. The maximum absolute atomic E-state index is 11.5. The summed E-state index contributed by atoms with van der Waals surface area (Å²) in [5, 5.41) is 9.96. The molecule has 0 spiro atoms. The van der Waals surface area contributed by atoms with Gasteiger partial charge >= 0.3 is 5.97 Å². The Balaban J connectivity index is 2.19. The minimum Gasteiger partial charge on any atom is -0.477 e. The number of carboxylic acid groups (broad SMARTS) is 1. The lowest BCUT2D eigenvalue weighted by molar-refractivity contribution is 0.0687. The minimum absolute atomic E-state index is 0.246. The summed E-state index contributed by atoms with van der Waals surface area (Å²) in [6.07, 6.45) is 7.26. The number of aromatic carboxylic acids is 1. The smallest absolute Gasteiger partial charge is 0.354 e. The van der Waals surface area contributed by atoms with Gasteiger partial charge in [-0.2, -0.15) is 0 Å². The van der Waals surface area contributed by atoms with Crippen molar-refractivity contribution in [2.45, 2.75) is 38.0 Å². The Kier molecular flexibility index (Phi) is 3.19. The van der Waals surface area contributed by atoms with Crippen LogP contribution in [0.3, 0.4) is 0 Å². The van der Waals surface area contributed by atoms with Crippen molar-refractivity contribution >= 4 is 23.2 Å². The lowest BCUT2D eigenvalue weighted by Crippen LogP contribution is -2.11. The van der Waals surface area contributed by atoms with Crippen LogP contribution in [0.15, 0.2) is 18.3 Å². The third-order valence-corrected chi connectivity index (χ3v) is 4.12. The van der Waals surface area contributed by atoms with E-state index in [9.17, 15) is 9.90 Å². The molecule has 4 nitrogen and oxygen atoms in total. The van der Waals surface area contributed by atoms with Crippen LogP contribution in [-0.2, 0) is 0 Å². The Morgan fingerprint density at radius 1 is 1.37 bits per heavy atom. The van der Waals surface area contributed by atoms with E-state index < -0.39 is 5.97 Å². The minimum atomic E-state index is -0.935. The second-order valence-corrected chi connectivity index (χ2v) is 5.44. The average Bonchev–Trinajstić information content (AvgIpc) is 2.81. The molecule has 0 bridgehead atoms.